The van der Waals surface area contributed by atoms with Crippen LogP contribution >= 0.6 is 11.3 Å². The predicted molar refractivity (Wildman–Crippen MR) is 111 cm³/mol. The summed E-state index contributed by atoms with van der Waals surface area (Å²) in [4.78, 5) is 13.6. The molecule has 1 fully saturated rings. The van der Waals surface area contributed by atoms with Gasteiger partial charge in [-0.15, -0.1) is 11.3 Å². The monoisotopic (exact) mass is 419 g/mol. The van der Waals surface area contributed by atoms with Crippen LogP contribution < -0.4 is 5.32 Å². The van der Waals surface area contributed by atoms with Crippen LogP contribution in [0.5, 0.6) is 0 Å². The van der Waals surface area contributed by atoms with E-state index in [2.05, 4.69) is 16.5 Å². The van der Waals surface area contributed by atoms with Crippen LogP contribution in [0.2, 0.25) is 0 Å². The summed E-state index contributed by atoms with van der Waals surface area (Å²) in [5.41, 5.74) is 2.59. The first kappa shape index (κ1) is 19.4. The predicted octanol–water partition coefficient (Wildman–Crippen LogP) is 3.59. The van der Waals surface area contributed by atoms with E-state index in [1.165, 1.54) is 18.4 Å². The minimum absolute atomic E-state index is 0.0856. The molecule has 0 radical (unpaired) electrons. The van der Waals surface area contributed by atoms with Gasteiger partial charge in [0.1, 0.15) is 0 Å². The Labute approximate surface area is 169 Å². The van der Waals surface area contributed by atoms with E-state index in [9.17, 15) is 13.2 Å². The number of aromatic nitrogens is 2. The van der Waals surface area contributed by atoms with E-state index in [0.717, 1.165) is 29.8 Å². The molecular weight excluding hydrogens is 394 g/mol. The maximum absolute atomic E-state index is 12.6. The second-order valence-electron chi connectivity index (χ2n) is 7.51. The molecule has 28 heavy (non-hydrogen) atoms. The second kappa shape index (κ2) is 8.21. The highest BCUT2D eigenvalue weighted by atomic mass is 32.2. The van der Waals surface area contributed by atoms with Gasteiger partial charge in [-0.05, 0) is 56.0 Å². The first-order chi connectivity index (χ1) is 13.5. The molecule has 8 heteroatoms. The van der Waals surface area contributed by atoms with Gasteiger partial charge in [0, 0.05) is 6.54 Å². The topological polar surface area (TPSA) is 81.1 Å². The Morgan fingerprint density at radius 1 is 1.36 bits per heavy atom. The minimum atomic E-state index is -3.03. The van der Waals surface area contributed by atoms with Crippen molar-refractivity contribution in [1.29, 1.82) is 0 Å². The number of nitrogens with zero attached hydrogens (tertiary/aromatic N) is 2. The zero-order chi connectivity index (χ0) is 19.6. The summed E-state index contributed by atoms with van der Waals surface area (Å²) in [6.45, 7) is 0.601. The maximum Gasteiger partial charge on any atom is 0.271 e. The Hall–Kier alpha value is -1.93. The summed E-state index contributed by atoms with van der Waals surface area (Å²) >= 11 is 1.56. The molecule has 1 saturated heterocycles. The standard InChI is InChI=1S/C20H25N3O3S2/c24-20(21-10-8-15-5-2-1-3-6-15)17-13-18(19-7-4-11-27-19)23(22-17)16-9-12-28(25,26)14-16/h4-5,7,11,13,16H,1-3,6,8-10,12,14H2,(H,21,24)/t16-/m1/s1. The Balaban J connectivity index is 1.50. The van der Waals surface area contributed by atoms with Gasteiger partial charge in [0.25, 0.3) is 5.91 Å². The number of hydrogen-bond donors (Lipinski definition) is 1. The lowest BCUT2D eigenvalue weighted by atomic mass is 9.97. The lowest BCUT2D eigenvalue weighted by Crippen LogP contribution is -2.25. The summed E-state index contributed by atoms with van der Waals surface area (Å²) in [5.74, 6) is 0.0640. The first-order valence-corrected chi connectivity index (χ1v) is 12.5. The lowest BCUT2D eigenvalue weighted by Gasteiger charge is -2.13. The molecular formula is C20H25N3O3S2. The summed E-state index contributed by atoms with van der Waals surface area (Å²) in [5, 5.41) is 9.45. The van der Waals surface area contributed by atoms with Gasteiger partial charge in [-0.3, -0.25) is 9.48 Å². The Kier molecular flexibility index (Phi) is 5.68. The van der Waals surface area contributed by atoms with Gasteiger partial charge in [-0.1, -0.05) is 17.7 Å². The molecule has 0 spiro atoms. The van der Waals surface area contributed by atoms with Crippen LogP contribution in [0, 0.1) is 0 Å². The highest BCUT2D eigenvalue weighted by Gasteiger charge is 2.32. The number of carbonyl (C=O) groups is 1. The van der Waals surface area contributed by atoms with E-state index in [1.54, 1.807) is 22.1 Å². The van der Waals surface area contributed by atoms with Crippen molar-refractivity contribution in [3.8, 4) is 10.6 Å². The van der Waals surface area contributed by atoms with Crippen LogP contribution in [0.4, 0.5) is 0 Å². The zero-order valence-corrected chi connectivity index (χ0v) is 17.4. The number of amides is 1. The fourth-order valence-corrected chi connectivity index (χ4v) is 6.35. The van der Waals surface area contributed by atoms with Gasteiger partial charge in [-0.2, -0.15) is 5.10 Å². The fraction of sp³-hybridized carbons (Fsp3) is 0.500. The molecule has 0 bridgehead atoms. The third kappa shape index (κ3) is 4.38. The van der Waals surface area contributed by atoms with Crippen molar-refractivity contribution in [2.75, 3.05) is 18.1 Å². The summed E-state index contributed by atoms with van der Waals surface area (Å²) in [7, 11) is -3.03. The van der Waals surface area contributed by atoms with Gasteiger partial charge in [0.2, 0.25) is 0 Å². The largest absolute Gasteiger partial charge is 0.350 e. The van der Waals surface area contributed by atoms with Gasteiger partial charge in [0.05, 0.1) is 28.1 Å². The van der Waals surface area contributed by atoms with Crippen molar-refractivity contribution in [1.82, 2.24) is 15.1 Å². The van der Waals surface area contributed by atoms with Gasteiger partial charge in [-0.25, -0.2) is 8.42 Å². The van der Waals surface area contributed by atoms with E-state index >= 15 is 0 Å². The molecule has 150 valence electrons. The molecule has 4 rings (SSSR count). The number of allylic oxidation sites excluding steroid dienone is 1. The molecule has 2 aromatic heterocycles. The summed E-state index contributed by atoms with van der Waals surface area (Å²) in [6.07, 6.45) is 8.47. The Morgan fingerprint density at radius 2 is 2.25 bits per heavy atom. The van der Waals surface area contributed by atoms with Crippen LogP contribution in [-0.2, 0) is 9.84 Å². The van der Waals surface area contributed by atoms with Crippen LogP contribution in [-0.4, -0.2) is 42.2 Å². The van der Waals surface area contributed by atoms with Crippen LogP contribution in [0.3, 0.4) is 0 Å². The normalized spacial score (nSPS) is 21.4. The molecule has 1 atom stereocenters. The smallest absolute Gasteiger partial charge is 0.271 e. The number of thiophene rings is 1. The third-order valence-corrected chi connectivity index (χ3v) is 8.06. The zero-order valence-electron chi connectivity index (χ0n) is 15.8. The number of sulfone groups is 1. The average Bonchev–Trinajstić information content (AvgIpc) is 3.41. The highest BCUT2D eigenvalue weighted by Crippen LogP contribution is 2.32. The van der Waals surface area contributed by atoms with Gasteiger partial charge < -0.3 is 5.32 Å². The van der Waals surface area contributed by atoms with Crippen molar-refractivity contribution in [3.05, 3.63) is 40.9 Å². The SMILES string of the molecule is O=C(NCCC1=CCCCC1)c1cc(-c2cccs2)n([C@@H]2CCS(=O)(=O)C2)n1. The van der Waals surface area contributed by atoms with Gasteiger partial charge in [0.15, 0.2) is 15.5 Å². The molecule has 0 unspecified atom stereocenters. The van der Waals surface area contributed by atoms with Crippen LogP contribution in [0.15, 0.2) is 35.2 Å². The van der Waals surface area contributed by atoms with Crippen molar-refractivity contribution in [2.24, 2.45) is 0 Å². The summed E-state index contributed by atoms with van der Waals surface area (Å²) < 4.78 is 25.6. The quantitative estimate of drug-likeness (QED) is 0.726. The van der Waals surface area contributed by atoms with Crippen molar-refractivity contribution in [2.45, 2.75) is 44.6 Å². The van der Waals surface area contributed by atoms with Crippen LogP contribution in [0.1, 0.15) is 55.1 Å². The van der Waals surface area contributed by atoms with Crippen molar-refractivity contribution < 1.29 is 13.2 Å². The van der Waals surface area contributed by atoms with Crippen LogP contribution in [0.25, 0.3) is 10.6 Å². The van der Waals surface area contributed by atoms with Gasteiger partial charge >= 0.3 is 0 Å². The molecule has 1 amide bonds. The first-order valence-electron chi connectivity index (χ1n) is 9.82. The van der Waals surface area contributed by atoms with E-state index in [1.807, 2.05) is 17.5 Å². The van der Waals surface area contributed by atoms with Crippen molar-refractivity contribution >= 4 is 27.1 Å². The lowest BCUT2D eigenvalue weighted by molar-refractivity contribution is 0.0948. The molecule has 2 aliphatic rings. The molecule has 6 nitrogen and oxygen atoms in total. The van der Waals surface area contributed by atoms with E-state index in [0.29, 0.717) is 18.7 Å². The molecule has 0 aromatic carbocycles. The molecule has 2 aromatic rings. The van der Waals surface area contributed by atoms with E-state index in [4.69, 9.17) is 0 Å². The highest BCUT2D eigenvalue weighted by molar-refractivity contribution is 7.91. The molecule has 1 aliphatic carbocycles. The second-order valence-corrected chi connectivity index (χ2v) is 10.7. The Bertz CT molecular complexity index is 975. The summed E-state index contributed by atoms with van der Waals surface area (Å²) in [6, 6.07) is 5.49. The number of carbonyl (C=O) groups excluding carboxylic acids is 1. The van der Waals surface area contributed by atoms with E-state index < -0.39 is 9.84 Å². The number of nitrogens with one attached hydrogen (secondary N) is 1. The number of hydrogen-bond acceptors (Lipinski definition) is 5. The van der Waals surface area contributed by atoms with E-state index in [-0.39, 0.29) is 23.5 Å². The Morgan fingerprint density at radius 3 is 2.93 bits per heavy atom. The third-order valence-electron chi connectivity index (χ3n) is 5.41. The maximum atomic E-state index is 12.6. The van der Waals surface area contributed by atoms with Crippen molar-refractivity contribution in [3.63, 3.8) is 0 Å². The average molecular weight is 420 g/mol. The minimum Gasteiger partial charge on any atom is -0.350 e. The molecule has 3 heterocycles. The molecule has 1 N–H and O–H groups in total. The molecule has 0 saturated carbocycles. The fourth-order valence-electron chi connectivity index (χ4n) is 3.92. The molecule has 1 aliphatic heterocycles. The number of rotatable bonds is 6.